The van der Waals surface area contributed by atoms with Crippen molar-refractivity contribution in [3.8, 4) is 0 Å². The molecule has 5 nitrogen and oxygen atoms in total. The van der Waals surface area contributed by atoms with Crippen molar-refractivity contribution < 1.29 is 4.79 Å². The summed E-state index contributed by atoms with van der Waals surface area (Å²) in [4.78, 5) is 13.8. The van der Waals surface area contributed by atoms with Gasteiger partial charge in [-0.3, -0.25) is 4.79 Å². The summed E-state index contributed by atoms with van der Waals surface area (Å²) in [6, 6.07) is 12.1. The number of carbonyl (C=O) groups is 1. The monoisotopic (exact) mass is 386 g/mol. The summed E-state index contributed by atoms with van der Waals surface area (Å²) < 4.78 is 2.00. The zero-order chi connectivity index (χ0) is 18.4. The second-order valence-electron chi connectivity index (χ2n) is 5.94. The van der Waals surface area contributed by atoms with Gasteiger partial charge in [-0.1, -0.05) is 36.9 Å². The Bertz CT molecular complexity index is 828. The molecule has 2 aromatic heterocycles. The molecule has 0 aliphatic rings. The van der Waals surface area contributed by atoms with Crippen LogP contribution in [0.15, 0.2) is 53.3 Å². The Hall–Kier alpha value is -2.12. The summed E-state index contributed by atoms with van der Waals surface area (Å²) in [5, 5.41) is 13.7. The minimum atomic E-state index is -0.259. The van der Waals surface area contributed by atoms with E-state index in [2.05, 4.69) is 40.0 Å². The van der Waals surface area contributed by atoms with Crippen molar-refractivity contribution in [2.45, 2.75) is 43.6 Å². The molecule has 0 spiro atoms. The maximum atomic E-state index is 12.5. The number of carbonyl (C=O) groups excluding carboxylic acids is 1. The van der Waals surface area contributed by atoms with Crippen LogP contribution in [0.2, 0.25) is 0 Å². The lowest BCUT2D eigenvalue weighted by Gasteiger charge is -2.12. The number of hydrogen-bond donors (Lipinski definition) is 1. The van der Waals surface area contributed by atoms with E-state index in [0.717, 1.165) is 30.2 Å². The number of aryl methyl sites for hydroxylation is 3. The van der Waals surface area contributed by atoms with E-state index in [4.69, 9.17) is 0 Å². The molecule has 1 atom stereocenters. The minimum Gasteiger partial charge on any atom is -0.325 e. The van der Waals surface area contributed by atoms with Crippen LogP contribution < -0.4 is 5.32 Å². The van der Waals surface area contributed by atoms with Crippen molar-refractivity contribution in [2.75, 3.05) is 5.32 Å². The number of aromatic nitrogens is 3. The van der Waals surface area contributed by atoms with Gasteiger partial charge in [0.05, 0.1) is 5.25 Å². The van der Waals surface area contributed by atoms with Gasteiger partial charge in [-0.25, -0.2) is 0 Å². The molecule has 0 fully saturated rings. The van der Waals surface area contributed by atoms with Crippen LogP contribution >= 0.6 is 23.1 Å². The Kier molecular flexibility index (Phi) is 6.46. The summed E-state index contributed by atoms with van der Waals surface area (Å²) >= 11 is 3.18. The molecular weight excluding hydrogens is 364 g/mol. The molecule has 0 aliphatic carbocycles. The minimum absolute atomic E-state index is 0.0351. The van der Waals surface area contributed by atoms with Crippen LogP contribution in [-0.4, -0.2) is 25.9 Å². The van der Waals surface area contributed by atoms with Crippen LogP contribution in [-0.2, 0) is 24.2 Å². The third kappa shape index (κ3) is 4.95. The fourth-order valence-corrected chi connectivity index (χ4v) is 4.00. The molecule has 0 saturated heterocycles. The Labute approximate surface area is 161 Å². The summed E-state index contributed by atoms with van der Waals surface area (Å²) in [7, 11) is 0. The first-order chi connectivity index (χ1) is 12.7. The average Bonchev–Trinajstić information content (AvgIpc) is 3.32. The largest absolute Gasteiger partial charge is 0.325 e. The van der Waals surface area contributed by atoms with Gasteiger partial charge in [0, 0.05) is 17.1 Å². The SMILES string of the molecule is CCc1ccc(NC(=O)[C@H](C)Sc2nncn2CCc2cccs2)cc1. The number of benzene rings is 1. The van der Waals surface area contributed by atoms with E-state index in [1.54, 1.807) is 17.7 Å². The Morgan fingerprint density at radius 3 is 2.81 bits per heavy atom. The molecule has 1 amide bonds. The summed E-state index contributed by atoms with van der Waals surface area (Å²) in [5.74, 6) is -0.0351. The molecule has 0 bridgehead atoms. The first-order valence-electron chi connectivity index (χ1n) is 8.62. The zero-order valence-electron chi connectivity index (χ0n) is 14.9. The standard InChI is InChI=1S/C19H22N4OS2/c1-3-15-6-8-16(9-7-15)21-18(24)14(2)26-19-22-20-13-23(19)11-10-17-5-4-12-25-17/h4-9,12-14H,3,10-11H2,1-2H3,(H,21,24)/t14-/m0/s1. The van der Waals surface area contributed by atoms with Crippen LogP contribution in [0.25, 0.3) is 0 Å². The van der Waals surface area contributed by atoms with Crippen molar-refractivity contribution in [1.82, 2.24) is 14.8 Å². The molecule has 136 valence electrons. The third-order valence-corrected chi connectivity index (χ3v) is 6.07. The summed E-state index contributed by atoms with van der Waals surface area (Å²) in [5.41, 5.74) is 2.07. The highest BCUT2D eigenvalue weighted by Gasteiger charge is 2.18. The predicted molar refractivity (Wildman–Crippen MR) is 108 cm³/mol. The summed E-state index contributed by atoms with van der Waals surface area (Å²) in [6.45, 7) is 4.81. The normalized spacial score (nSPS) is 12.1. The topological polar surface area (TPSA) is 59.8 Å². The number of nitrogens with zero attached hydrogens (tertiary/aromatic N) is 3. The van der Waals surface area contributed by atoms with Gasteiger partial charge in [-0.2, -0.15) is 0 Å². The number of amides is 1. The van der Waals surface area contributed by atoms with Crippen LogP contribution in [0.4, 0.5) is 5.69 Å². The first kappa shape index (κ1) is 18.7. The molecule has 3 rings (SSSR count). The fraction of sp³-hybridized carbons (Fsp3) is 0.316. The lowest BCUT2D eigenvalue weighted by Crippen LogP contribution is -2.23. The number of thioether (sulfide) groups is 1. The number of hydrogen-bond acceptors (Lipinski definition) is 5. The maximum Gasteiger partial charge on any atom is 0.237 e. The van der Waals surface area contributed by atoms with E-state index >= 15 is 0 Å². The van der Waals surface area contributed by atoms with Crippen LogP contribution in [0.5, 0.6) is 0 Å². The molecule has 1 aromatic carbocycles. The lowest BCUT2D eigenvalue weighted by atomic mass is 10.1. The van der Waals surface area contributed by atoms with E-state index in [-0.39, 0.29) is 11.2 Å². The van der Waals surface area contributed by atoms with Gasteiger partial charge < -0.3 is 9.88 Å². The molecule has 0 aliphatic heterocycles. The summed E-state index contributed by atoms with van der Waals surface area (Å²) in [6.07, 6.45) is 3.65. The van der Waals surface area contributed by atoms with Gasteiger partial charge in [0.25, 0.3) is 0 Å². The van der Waals surface area contributed by atoms with Crippen molar-refractivity contribution in [2.24, 2.45) is 0 Å². The lowest BCUT2D eigenvalue weighted by molar-refractivity contribution is -0.115. The van der Waals surface area contributed by atoms with Crippen LogP contribution in [0, 0.1) is 0 Å². The molecule has 0 saturated carbocycles. The highest BCUT2D eigenvalue weighted by Crippen LogP contribution is 2.23. The quantitative estimate of drug-likeness (QED) is 0.588. The Balaban J connectivity index is 1.56. The van der Waals surface area contributed by atoms with Gasteiger partial charge in [-0.15, -0.1) is 21.5 Å². The van der Waals surface area contributed by atoms with Crippen molar-refractivity contribution in [3.05, 3.63) is 58.5 Å². The highest BCUT2D eigenvalue weighted by molar-refractivity contribution is 8.00. The van der Waals surface area contributed by atoms with Crippen LogP contribution in [0.1, 0.15) is 24.3 Å². The van der Waals surface area contributed by atoms with Gasteiger partial charge in [0.1, 0.15) is 6.33 Å². The molecular formula is C19H22N4OS2. The van der Waals surface area contributed by atoms with Gasteiger partial charge in [0.2, 0.25) is 5.91 Å². The van der Waals surface area contributed by atoms with E-state index in [9.17, 15) is 4.79 Å². The second-order valence-corrected chi connectivity index (χ2v) is 8.28. The van der Waals surface area contributed by atoms with Crippen molar-refractivity contribution in [3.63, 3.8) is 0 Å². The smallest absolute Gasteiger partial charge is 0.237 e. The Morgan fingerprint density at radius 2 is 2.12 bits per heavy atom. The number of thiophene rings is 1. The number of nitrogens with one attached hydrogen (secondary N) is 1. The molecule has 1 N–H and O–H groups in total. The van der Waals surface area contributed by atoms with Crippen molar-refractivity contribution in [1.29, 1.82) is 0 Å². The molecule has 3 aromatic rings. The molecule has 0 unspecified atom stereocenters. The molecule has 7 heteroatoms. The van der Waals surface area contributed by atoms with Crippen LogP contribution in [0.3, 0.4) is 0 Å². The Morgan fingerprint density at radius 1 is 1.31 bits per heavy atom. The zero-order valence-corrected chi connectivity index (χ0v) is 16.5. The number of rotatable bonds is 8. The molecule has 2 heterocycles. The van der Waals surface area contributed by atoms with E-state index in [0.29, 0.717) is 0 Å². The second kappa shape index (κ2) is 9.00. The highest BCUT2D eigenvalue weighted by atomic mass is 32.2. The van der Waals surface area contributed by atoms with Gasteiger partial charge in [0.15, 0.2) is 5.16 Å². The average molecular weight is 387 g/mol. The fourth-order valence-electron chi connectivity index (χ4n) is 2.45. The van der Waals surface area contributed by atoms with Gasteiger partial charge in [-0.05, 0) is 48.9 Å². The molecule has 0 radical (unpaired) electrons. The van der Waals surface area contributed by atoms with Crippen molar-refractivity contribution >= 4 is 34.7 Å². The molecule has 26 heavy (non-hydrogen) atoms. The number of anilines is 1. The third-order valence-electron chi connectivity index (χ3n) is 4.04. The van der Waals surface area contributed by atoms with E-state index in [1.807, 2.05) is 35.8 Å². The van der Waals surface area contributed by atoms with E-state index in [1.165, 1.54) is 22.2 Å². The first-order valence-corrected chi connectivity index (χ1v) is 10.4. The maximum absolute atomic E-state index is 12.5. The van der Waals surface area contributed by atoms with E-state index < -0.39 is 0 Å². The predicted octanol–water partition coefficient (Wildman–Crippen LogP) is 4.26. The van der Waals surface area contributed by atoms with Gasteiger partial charge >= 0.3 is 0 Å².